The van der Waals surface area contributed by atoms with E-state index in [9.17, 15) is 0 Å². The summed E-state index contributed by atoms with van der Waals surface area (Å²) in [5, 5.41) is 22.6. The topological polar surface area (TPSA) is 13.0 Å². The van der Waals surface area contributed by atoms with Gasteiger partial charge in [-0.2, -0.15) is 0 Å². The van der Waals surface area contributed by atoms with Gasteiger partial charge in [-0.3, -0.25) is 0 Å². The van der Waals surface area contributed by atoms with Crippen molar-refractivity contribution < 1.29 is 0 Å². The van der Waals surface area contributed by atoms with Crippen molar-refractivity contribution in [1.82, 2.24) is 0 Å². The summed E-state index contributed by atoms with van der Waals surface area (Å²) in [5.41, 5.74) is 23.9. The molecule has 0 amide bonds. The van der Waals surface area contributed by atoms with E-state index in [4.69, 9.17) is 0 Å². The molecule has 0 aromatic heterocycles. The number of rotatable bonds is 4. The molecule has 0 atom stereocenters. The summed E-state index contributed by atoms with van der Waals surface area (Å²) in [4.78, 5) is 10.6. The van der Waals surface area contributed by atoms with E-state index in [1.54, 1.807) is 0 Å². The molecule has 4 aliphatic heterocycles. The largest absolute Gasteiger partial charge is 0.311 e. The van der Waals surface area contributed by atoms with Crippen LogP contribution < -0.4 is 52.4 Å². The van der Waals surface area contributed by atoms with Crippen molar-refractivity contribution in [3.05, 3.63) is 327 Å². The van der Waals surface area contributed by atoms with Gasteiger partial charge in [-0.15, -0.1) is 0 Å². The fourth-order valence-corrected chi connectivity index (χ4v) is 19.0. The molecule has 22 rings (SSSR count). The summed E-state index contributed by atoms with van der Waals surface area (Å²) in [6.07, 6.45) is 0. The molecule has 0 saturated heterocycles. The summed E-state index contributed by atoms with van der Waals surface area (Å²) in [7, 11) is 0. The Labute approximate surface area is 606 Å². The Balaban J connectivity index is 0.884. The first kappa shape index (κ1) is 59.3. The Morgan fingerprint density at radius 1 is 0.183 bits per heavy atom. The van der Waals surface area contributed by atoms with Crippen molar-refractivity contribution in [2.75, 3.05) is 19.6 Å². The van der Waals surface area contributed by atoms with Gasteiger partial charge in [-0.25, -0.2) is 0 Å². The molecule has 0 radical (unpaired) electrons. The molecule has 18 aromatic rings. The minimum Gasteiger partial charge on any atom is -0.311 e. The van der Waals surface area contributed by atoms with Crippen LogP contribution in [0.3, 0.4) is 0 Å². The van der Waals surface area contributed by atoms with E-state index in [2.05, 4.69) is 377 Å². The third-order valence-electron chi connectivity index (χ3n) is 23.8. The quantitative estimate of drug-likeness (QED) is 0.129. The highest BCUT2D eigenvalue weighted by atomic mass is 15.2. The van der Waals surface area contributed by atoms with Crippen LogP contribution in [0, 0.1) is 0 Å². The molecule has 0 unspecified atom stereocenters. The van der Waals surface area contributed by atoms with Crippen LogP contribution in [0.5, 0.6) is 0 Å². The van der Waals surface area contributed by atoms with Crippen LogP contribution in [0.15, 0.2) is 315 Å². The average Bonchev–Trinajstić information content (AvgIpc) is 0.674. The molecule has 18 aromatic carbocycles. The van der Waals surface area contributed by atoms with Gasteiger partial charge in [0.15, 0.2) is 0 Å². The van der Waals surface area contributed by atoms with E-state index >= 15 is 0 Å². The van der Waals surface area contributed by atoms with Gasteiger partial charge in [0.25, 0.3) is 13.4 Å². The number of fused-ring (bicyclic) bond motifs is 26. The van der Waals surface area contributed by atoms with Crippen molar-refractivity contribution in [2.45, 2.75) is 52.4 Å². The monoisotopic (exact) mass is 1320 g/mol. The summed E-state index contributed by atoms with van der Waals surface area (Å²) >= 11 is 0. The first-order valence-corrected chi connectivity index (χ1v) is 36.9. The fraction of sp³-hybridized carbons (Fsp3) is 0.0816. The second kappa shape index (κ2) is 21.6. The molecule has 4 heterocycles. The van der Waals surface area contributed by atoms with Crippen molar-refractivity contribution in [2.24, 2.45) is 0 Å². The van der Waals surface area contributed by atoms with Crippen molar-refractivity contribution >= 4 is 211 Å². The lowest BCUT2D eigenvalue weighted by Crippen LogP contribution is -2.65. The Morgan fingerprint density at radius 2 is 0.433 bits per heavy atom. The van der Waals surface area contributed by atoms with Gasteiger partial charge in [-0.1, -0.05) is 266 Å². The van der Waals surface area contributed by atoms with Crippen LogP contribution in [0.25, 0.3) is 97.0 Å². The summed E-state index contributed by atoms with van der Waals surface area (Å²) in [6, 6.07) is 121. The van der Waals surface area contributed by atoms with E-state index in [0.717, 1.165) is 22.7 Å². The van der Waals surface area contributed by atoms with Gasteiger partial charge in [0.2, 0.25) is 0 Å². The third kappa shape index (κ3) is 8.34. The maximum absolute atomic E-state index is 2.71. The van der Waals surface area contributed by atoms with E-state index in [-0.39, 0.29) is 24.3 Å². The fourth-order valence-electron chi connectivity index (χ4n) is 19.0. The molecule has 4 nitrogen and oxygen atoms in total. The molecule has 0 spiro atoms. The molecular weight excluding hydrogens is 1250 g/mol. The highest BCUT2D eigenvalue weighted by Crippen LogP contribution is 2.53. The number of benzene rings is 18. The van der Waals surface area contributed by atoms with Crippen LogP contribution in [0.4, 0.5) is 68.2 Å². The van der Waals surface area contributed by atoms with E-state index in [1.807, 2.05) is 0 Å². The molecular formula is C98H70B2N4. The second-order valence-corrected chi connectivity index (χ2v) is 31.5. The van der Waals surface area contributed by atoms with Crippen molar-refractivity contribution in [1.29, 1.82) is 0 Å². The molecule has 0 bridgehead atoms. The molecule has 0 saturated carbocycles. The maximum Gasteiger partial charge on any atom is 0.252 e. The minimum atomic E-state index is -0.251. The molecule has 104 heavy (non-hydrogen) atoms. The lowest BCUT2D eigenvalue weighted by molar-refractivity contribution is 0.590. The van der Waals surface area contributed by atoms with Crippen LogP contribution in [0.2, 0.25) is 0 Å². The number of hydrogen-bond acceptors (Lipinski definition) is 4. The highest BCUT2D eigenvalue weighted by molar-refractivity contribution is 7.03. The normalized spacial score (nSPS) is 13.8. The summed E-state index contributed by atoms with van der Waals surface area (Å²) in [6.45, 7) is 14.0. The van der Waals surface area contributed by atoms with Crippen LogP contribution in [-0.2, 0) is 10.8 Å². The first-order valence-electron chi connectivity index (χ1n) is 36.9. The Kier molecular flexibility index (Phi) is 12.3. The molecule has 0 N–H and O–H groups in total. The van der Waals surface area contributed by atoms with E-state index < -0.39 is 0 Å². The standard InChI is InChI=1S/C98H70B2N4/c1-97(2,3)59-50-91-95-93(52-59)103(63-45-48-78-72-35-14-11-29-66(72)69-32-17-20-38-75(69)81(78)55-63)89-58-90-86(57-85(89)99(95)83-40-22-24-42-87(83)101(91)61-26-8-7-9-27-61)100-84-41-23-25-43-88(84)102(62-44-47-77-71-34-13-10-28-65(71)68-31-16-19-37-74(68)80(77)54-62)92-51-60(98(4,5)6)53-94(96(92)100)104(90)64-46-49-79-73-36-15-12-30-67(73)70-33-18-21-39-76(70)82(79)56-64/h7-58H,1-6H3. The second-order valence-electron chi connectivity index (χ2n) is 31.5. The van der Waals surface area contributed by atoms with Crippen molar-refractivity contribution in [3.63, 3.8) is 0 Å². The number of nitrogens with zero attached hydrogens (tertiary/aromatic N) is 4. The zero-order valence-corrected chi connectivity index (χ0v) is 59.0. The van der Waals surface area contributed by atoms with Crippen LogP contribution in [-0.4, -0.2) is 13.4 Å². The SMILES string of the molecule is CC(C)(C)c1cc2c3c(c1)N(c1ccc4c5ccccc5c5ccccc5c4c1)c1cc4c(cc1B3c1ccccc1N2c1ccccc1)B1c2ccccc2N(c2ccc3c5ccccc5c5ccccc5c3c2)c2cc(C(C)(C)C)cc(c21)N4c1ccc2c3ccccc3c3ccccc3c2c1. The predicted octanol–water partition coefficient (Wildman–Crippen LogP) is 22.8. The molecule has 488 valence electrons. The number of para-hydroxylation sites is 3. The van der Waals surface area contributed by atoms with E-state index in [1.165, 1.54) is 186 Å². The zero-order chi connectivity index (χ0) is 69.2. The average molecular weight is 1330 g/mol. The minimum absolute atomic E-state index is 0.149. The molecule has 6 heteroatoms. The Morgan fingerprint density at radius 3 is 0.740 bits per heavy atom. The highest BCUT2D eigenvalue weighted by Gasteiger charge is 2.49. The van der Waals surface area contributed by atoms with Gasteiger partial charge in [-0.05, 0) is 243 Å². The van der Waals surface area contributed by atoms with Gasteiger partial charge in [0.1, 0.15) is 0 Å². The van der Waals surface area contributed by atoms with Crippen molar-refractivity contribution in [3.8, 4) is 0 Å². The van der Waals surface area contributed by atoms with Crippen LogP contribution >= 0.6 is 0 Å². The third-order valence-corrected chi connectivity index (χ3v) is 23.8. The van der Waals surface area contributed by atoms with Gasteiger partial charge >= 0.3 is 0 Å². The predicted molar refractivity (Wildman–Crippen MR) is 449 cm³/mol. The van der Waals surface area contributed by atoms with Gasteiger partial charge in [0, 0.05) is 68.2 Å². The molecule has 4 aliphatic rings. The molecule has 0 aliphatic carbocycles. The smallest absolute Gasteiger partial charge is 0.252 e. The molecule has 0 fully saturated rings. The lowest BCUT2D eigenvalue weighted by atomic mass is 9.30. The number of hydrogen-bond donors (Lipinski definition) is 0. The lowest BCUT2D eigenvalue weighted by Gasteiger charge is -2.48. The Hall–Kier alpha value is -12.4. The zero-order valence-electron chi connectivity index (χ0n) is 59.0. The Bertz CT molecular complexity index is 6720. The summed E-state index contributed by atoms with van der Waals surface area (Å²) < 4.78 is 0. The number of anilines is 12. The van der Waals surface area contributed by atoms with Crippen LogP contribution in [0.1, 0.15) is 52.7 Å². The first-order chi connectivity index (χ1) is 50.9. The van der Waals surface area contributed by atoms with Gasteiger partial charge < -0.3 is 19.6 Å². The summed E-state index contributed by atoms with van der Waals surface area (Å²) in [5.74, 6) is 0. The van der Waals surface area contributed by atoms with Gasteiger partial charge in [0.05, 0.1) is 0 Å². The maximum atomic E-state index is 2.71. The van der Waals surface area contributed by atoms with E-state index in [0.29, 0.717) is 0 Å².